The van der Waals surface area contributed by atoms with E-state index in [4.69, 9.17) is 20.8 Å². The zero-order valence-electron chi connectivity index (χ0n) is 12.3. The minimum Gasteiger partial charge on any atom is -0.451 e. The third-order valence-electron chi connectivity index (χ3n) is 3.85. The van der Waals surface area contributed by atoms with E-state index in [1.165, 1.54) is 0 Å². The van der Waals surface area contributed by atoms with Crippen LogP contribution in [-0.4, -0.2) is 24.7 Å². The second-order valence-corrected chi connectivity index (χ2v) is 5.86. The zero-order valence-corrected chi connectivity index (χ0v) is 13.1. The molecular weight excluding hydrogens is 302 g/mol. The van der Waals surface area contributed by atoms with Crippen LogP contribution >= 0.6 is 11.6 Å². The fourth-order valence-electron chi connectivity index (χ4n) is 2.63. The van der Waals surface area contributed by atoms with Crippen LogP contribution in [0.4, 0.5) is 0 Å². The standard InChI is InChI=1S/C17H18ClNO3/c1-11(14-7-4-10-21-14)19-17(20)16-9-8-15(22-16)12-5-2-3-6-13(12)18/h2-3,5-6,8-9,11,14H,4,7,10H2,1H3,(H,19,20). The van der Waals surface area contributed by atoms with Gasteiger partial charge in [0, 0.05) is 12.2 Å². The van der Waals surface area contributed by atoms with Gasteiger partial charge in [-0.25, -0.2) is 0 Å². The second kappa shape index (κ2) is 6.55. The van der Waals surface area contributed by atoms with Crippen molar-refractivity contribution >= 4 is 17.5 Å². The molecule has 1 aliphatic heterocycles. The van der Waals surface area contributed by atoms with Crippen LogP contribution < -0.4 is 5.32 Å². The first-order valence-electron chi connectivity index (χ1n) is 7.42. The fourth-order valence-corrected chi connectivity index (χ4v) is 2.86. The Labute approximate surface area is 134 Å². The molecule has 1 saturated heterocycles. The first-order chi connectivity index (χ1) is 10.6. The summed E-state index contributed by atoms with van der Waals surface area (Å²) in [4.78, 5) is 12.2. The van der Waals surface area contributed by atoms with Crippen molar-refractivity contribution in [2.45, 2.75) is 31.9 Å². The monoisotopic (exact) mass is 319 g/mol. The third-order valence-corrected chi connectivity index (χ3v) is 4.18. The number of hydrogen-bond donors (Lipinski definition) is 1. The van der Waals surface area contributed by atoms with E-state index in [2.05, 4.69) is 5.32 Å². The minimum absolute atomic E-state index is 0.0381. The highest BCUT2D eigenvalue weighted by atomic mass is 35.5. The van der Waals surface area contributed by atoms with Gasteiger partial charge >= 0.3 is 0 Å². The van der Waals surface area contributed by atoms with Gasteiger partial charge in [0.05, 0.1) is 17.2 Å². The van der Waals surface area contributed by atoms with E-state index in [1.807, 2.05) is 25.1 Å². The molecule has 116 valence electrons. The molecule has 0 bridgehead atoms. The number of amides is 1. The summed E-state index contributed by atoms with van der Waals surface area (Å²) in [6, 6.07) is 10.8. The SMILES string of the molecule is CC(NC(=O)c1ccc(-c2ccccc2Cl)o1)C1CCCO1. The molecule has 22 heavy (non-hydrogen) atoms. The number of halogens is 1. The van der Waals surface area contributed by atoms with Gasteiger partial charge in [0.1, 0.15) is 5.76 Å². The Morgan fingerprint density at radius 3 is 2.86 bits per heavy atom. The van der Waals surface area contributed by atoms with Gasteiger partial charge in [-0.15, -0.1) is 0 Å². The Balaban J connectivity index is 1.70. The Hall–Kier alpha value is -1.78. The quantitative estimate of drug-likeness (QED) is 0.930. The van der Waals surface area contributed by atoms with Crippen LogP contribution in [0.3, 0.4) is 0 Å². The number of carbonyl (C=O) groups is 1. The van der Waals surface area contributed by atoms with E-state index >= 15 is 0 Å². The maximum atomic E-state index is 12.2. The van der Waals surface area contributed by atoms with E-state index in [0.29, 0.717) is 10.8 Å². The van der Waals surface area contributed by atoms with Crippen molar-refractivity contribution in [3.05, 3.63) is 47.2 Å². The molecule has 2 atom stereocenters. The number of furan rings is 1. The minimum atomic E-state index is -0.235. The Bertz CT molecular complexity index is 661. The summed E-state index contributed by atoms with van der Waals surface area (Å²) in [5.74, 6) is 0.626. The molecular formula is C17H18ClNO3. The summed E-state index contributed by atoms with van der Waals surface area (Å²) in [5, 5.41) is 3.52. The molecule has 2 aromatic rings. The zero-order chi connectivity index (χ0) is 15.5. The average Bonchev–Trinajstić information content (AvgIpc) is 3.19. The van der Waals surface area contributed by atoms with Crippen molar-refractivity contribution in [1.82, 2.24) is 5.32 Å². The number of ether oxygens (including phenoxy) is 1. The molecule has 0 aliphatic carbocycles. The molecule has 0 radical (unpaired) electrons. The van der Waals surface area contributed by atoms with E-state index in [0.717, 1.165) is 25.0 Å². The number of rotatable bonds is 4. The summed E-state index contributed by atoms with van der Waals surface area (Å²) >= 11 is 6.14. The molecule has 2 heterocycles. The first kappa shape index (κ1) is 15.1. The number of benzene rings is 1. The highest BCUT2D eigenvalue weighted by Gasteiger charge is 2.25. The number of hydrogen-bond acceptors (Lipinski definition) is 3. The average molecular weight is 320 g/mol. The van der Waals surface area contributed by atoms with Crippen LogP contribution in [0, 0.1) is 0 Å². The Morgan fingerprint density at radius 2 is 2.14 bits per heavy atom. The summed E-state index contributed by atoms with van der Waals surface area (Å²) < 4.78 is 11.2. The predicted octanol–water partition coefficient (Wildman–Crippen LogP) is 3.90. The third kappa shape index (κ3) is 3.18. The topological polar surface area (TPSA) is 51.5 Å². The molecule has 1 aliphatic rings. The van der Waals surface area contributed by atoms with Crippen molar-refractivity contribution in [3.63, 3.8) is 0 Å². The van der Waals surface area contributed by atoms with Crippen molar-refractivity contribution in [2.24, 2.45) is 0 Å². The van der Waals surface area contributed by atoms with Gasteiger partial charge in [0.2, 0.25) is 0 Å². The molecule has 4 nitrogen and oxygen atoms in total. The first-order valence-corrected chi connectivity index (χ1v) is 7.80. The van der Waals surface area contributed by atoms with Gasteiger partial charge < -0.3 is 14.5 Å². The number of nitrogens with one attached hydrogen (secondary N) is 1. The lowest BCUT2D eigenvalue weighted by Crippen LogP contribution is -2.40. The Morgan fingerprint density at radius 1 is 1.32 bits per heavy atom. The van der Waals surface area contributed by atoms with Gasteiger partial charge in [0.15, 0.2) is 5.76 Å². The van der Waals surface area contributed by atoms with Crippen molar-refractivity contribution < 1.29 is 13.9 Å². The van der Waals surface area contributed by atoms with E-state index in [1.54, 1.807) is 18.2 Å². The van der Waals surface area contributed by atoms with E-state index < -0.39 is 0 Å². The lowest BCUT2D eigenvalue weighted by Gasteiger charge is -2.19. The second-order valence-electron chi connectivity index (χ2n) is 5.46. The Kier molecular flexibility index (Phi) is 4.50. The van der Waals surface area contributed by atoms with Gasteiger partial charge in [-0.3, -0.25) is 4.79 Å². The maximum absolute atomic E-state index is 12.2. The van der Waals surface area contributed by atoms with Gasteiger partial charge in [0.25, 0.3) is 5.91 Å². The predicted molar refractivity (Wildman–Crippen MR) is 85.1 cm³/mol. The summed E-state index contributed by atoms with van der Waals surface area (Å²) in [5.41, 5.74) is 0.774. The van der Waals surface area contributed by atoms with Crippen molar-refractivity contribution in [1.29, 1.82) is 0 Å². The lowest BCUT2D eigenvalue weighted by atomic mass is 10.1. The smallest absolute Gasteiger partial charge is 0.287 e. The number of carbonyl (C=O) groups excluding carboxylic acids is 1. The molecule has 1 aromatic heterocycles. The van der Waals surface area contributed by atoms with Crippen molar-refractivity contribution in [3.8, 4) is 11.3 Å². The highest BCUT2D eigenvalue weighted by molar-refractivity contribution is 6.33. The van der Waals surface area contributed by atoms with Crippen LogP contribution in [0.25, 0.3) is 11.3 Å². The van der Waals surface area contributed by atoms with Gasteiger partial charge in [-0.2, -0.15) is 0 Å². The summed E-state index contributed by atoms with van der Waals surface area (Å²) in [6.07, 6.45) is 2.11. The van der Waals surface area contributed by atoms with Crippen LogP contribution in [0.15, 0.2) is 40.8 Å². The van der Waals surface area contributed by atoms with Crippen LogP contribution in [0.2, 0.25) is 5.02 Å². The largest absolute Gasteiger partial charge is 0.451 e. The molecule has 1 amide bonds. The highest BCUT2D eigenvalue weighted by Crippen LogP contribution is 2.29. The molecule has 1 N–H and O–H groups in total. The van der Waals surface area contributed by atoms with Crippen LogP contribution in [0.1, 0.15) is 30.3 Å². The summed E-state index contributed by atoms with van der Waals surface area (Å²) in [7, 11) is 0. The molecule has 1 aromatic carbocycles. The summed E-state index contributed by atoms with van der Waals surface area (Å²) in [6.45, 7) is 2.72. The maximum Gasteiger partial charge on any atom is 0.287 e. The molecule has 3 rings (SSSR count). The van der Waals surface area contributed by atoms with Gasteiger partial charge in [-0.1, -0.05) is 23.7 Å². The van der Waals surface area contributed by atoms with E-state index in [9.17, 15) is 4.79 Å². The fraction of sp³-hybridized carbons (Fsp3) is 0.353. The molecule has 0 saturated carbocycles. The lowest BCUT2D eigenvalue weighted by molar-refractivity contribution is 0.0697. The molecule has 0 spiro atoms. The van der Waals surface area contributed by atoms with Gasteiger partial charge in [-0.05, 0) is 44.0 Å². The molecule has 1 fully saturated rings. The van der Waals surface area contributed by atoms with Crippen molar-refractivity contribution in [2.75, 3.05) is 6.61 Å². The van der Waals surface area contributed by atoms with Crippen LogP contribution in [0.5, 0.6) is 0 Å². The van der Waals surface area contributed by atoms with Crippen LogP contribution in [-0.2, 0) is 4.74 Å². The molecule has 2 unspecified atom stereocenters. The van der Waals surface area contributed by atoms with E-state index in [-0.39, 0.29) is 23.8 Å². The normalized spacial score (nSPS) is 19.1. The molecule has 5 heteroatoms.